The zero-order chi connectivity index (χ0) is 10.0. The minimum absolute atomic E-state index is 0.144. The Balaban J connectivity index is 3.41. The highest BCUT2D eigenvalue weighted by Gasteiger charge is 2.09. The zero-order valence-electron chi connectivity index (χ0n) is 6.77. The fraction of sp³-hybridized carbons (Fsp3) is 0.111. The second kappa shape index (κ2) is 3.91. The molecule has 66 valence electrons. The highest BCUT2D eigenvalue weighted by Crippen LogP contribution is 2.25. The van der Waals surface area contributed by atoms with Crippen molar-refractivity contribution in [3.05, 3.63) is 32.8 Å². The number of carbonyl (C=O) groups is 1. The fourth-order valence-electron chi connectivity index (χ4n) is 0.904. The predicted octanol–water partition coefficient (Wildman–Crippen LogP) is 3.18. The summed E-state index contributed by atoms with van der Waals surface area (Å²) >= 11 is 8.97. The van der Waals surface area contributed by atoms with Crippen LogP contribution in [0.1, 0.15) is 22.8 Å². The number of hydrogen-bond acceptors (Lipinski definition) is 2. The van der Waals surface area contributed by atoms with Crippen LogP contribution in [0.25, 0.3) is 0 Å². The Hall–Kier alpha value is -0.850. The van der Waals surface area contributed by atoms with E-state index in [0.29, 0.717) is 20.6 Å². The van der Waals surface area contributed by atoms with Crippen LogP contribution in [0.2, 0.25) is 5.02 Å². The van der Waals surface area contributed by atoms with Crippen LogP contribution in [0, 0.1) is 11.3 Å². The van der Waals surface area contributed by atoms with Gasteiger partial charge in [-0.05, 0) is 35.0 Å². The maximum atomic E-state index is 11.0. The number of nitrogens with zero attached hydrogens (tertiary/aromatic N) is 1. The number of nitriles is 1. The van der Waals surface area contributed by atoms with E-state index < -0.39 is 0 Å². The molecule has 0 saturated carbocycles. The highest BCUT2D eigenvalue weighted by atomic mass is 79.9. The number of halogens is 2. The predicted molar refractivity (Wildman–Crippen MR) is 53.9 cm³/mol. The molecule has 0 aliphatic rings. The van der Waals surface area contributed by atoms with Crippen molar-refractivity contribution in [2.45, 2.75) is 6.92 Å². The molecule has 0 spiro atoms. The highest BCUT2D eigenvalue weighted by molar-refractivity contribution is 9.10. The van der Waals surface area contributed by atoms with E-state index >= 15 is 0 Å². The second-order valence-electron chi connectivity index (χ2n) is 2.48. The van der Waals surface area contributed by atoms with Crippen LogP contribution >= 0.6 is 27.5 Å². The normalized spacial score (nSPS) is 9.38. The van der Waals surface area contributed by atoms with Crippen molar-refractivity contribution < 1.29 is 4.79 Å². The van der Waals surface area contributed by atoms with Crippen LogP contribution in [-0.2, 0) is 0 Å². The third-order valence-corrected chi connectivity index (χ3v) is 2.53. The first-order chi connectivity index (χ1) is 6.06. The molecule has 0 bridgehead atoms. The number of benzene rings is 1. The van der Waals surface area contributed by atoms with Crippen LogP contribution in [-0.4, -0.2) is 5.78 Å². The van der Waals surface area contributed by atoms with Gasteiger partial charge in [0.25, 0.3) is 0 Å². The zero-order valence-corrected chi connectivity index (χ0v) is 9.11. The maximum absolute atomic E-state index is 11.0. The molecule has 0 fully saturated rings. The van der Waals surface area contributed by atoms with Gasteiger partial charge in [-0.2, -0.15) is 5.26 Å². The molecule has 1 rings (SSSR count). The Morgan fingerprint density at radius 2 is 2.23 bits per heavy atom. The van der Waals surface area contributed by atoms with Gasteiger partial charge in [0.15, 0.2) is 5.78 Å². The van der Waals surface area contributed by atoms with Crippen LogP contribution in [0.3, 0.4) is 0 Å². The summed E-state index contributed by atoms with van der Waals surface area (Å²) in [6.07, 6.45) is 0. The molecule has 0 atom stereocenters. The van der Waals surface area contributed by atoms with E-state index in [-0.39, 0.29) is 5.78 Å². The summed E-state index contributed by atoms with van der Waals surface area (Å²) in [4.78, 5) is 11.0. The third-order valence-electron chi connectivity index (χ3n) is 1.56. The van der Waals surface area contributed by atoms with Gasteiger partial charge in [0.1, 0.15) is 6.07 Å². The average Bonchev–Trinajstić information content (AvgIpc) is 2.03. The van der Waals surface area contributed by atoms with Gasteiger partial charge in [-0.25, -0.2) is 0 Å². The van der Waals surface area contributed by atoms with Crippen LogP contribution in [0.4, 0.5) is 0 Å². The summed E-state index contributed by atoms with van der Waals surface area (Å²) in [5, 5.41) is 9.04. The van der Waals surface area contributed by atoms with Crippen LogP contribution in [0.5, 0.6) is 0 Å². The minimum atomic E-state index is -0.144. The summed E-state index contributed by atoms with van der Waals surface area (Å²) in [5.41, 5.74) is 0.788. The lowest BCUT2D eigenvalue weighted by Gasteiger charge is -2.01. The molecule has 0 heterocycles. The van der Waals surface area contributed by atoms with Crippen molar-refractivity contribution in [3.63, 3.8) is 0 Å². The minimum Gasteiger partial charge on any atom is -0.294 e. The average molecular weight is 259 g/mol. The van der Waals surface area contributed by atoms with E-state index in [0.717, 1.165) is 0 Å². The number of ketones is 1. The lowest BCUT2D eigenvalue weighted by atomic mass is 10.1. The Labute approximate surface area is 89.3 Å². The molecule has 4 heteroatoms. The molecule has 0 unspecified atom stereocenters. The standard InChI is InChI=1S/C9H5BrClNO/c1-5(13)7-2-6(4-12)8(10)3-9(7)11/h2-3H,1H3. The van der Waals surface area contributed by atoms with E-state index in [4.69, 9.17) is 16.9 Å². The molecule has 0 saturated heterocycles. The largest absolute Gasteiger partial charge is 0.294 e. The molecular weight excluding hydrogens is 253 g/mol. The molecule has 0 N–H and O–H groups in total. The van der Waals surface area contributed by atoms with Gasteiger partial charge in [-0.1, -0.05) is 11.6 Å². The first-order valence-electron chi connectivity index (χ1n) is 3.46. The van der Waals surface area contributed by atoms with Crippen molar-refractivity contribution in [2.24, 2.45) is 0 Å². The number of hydrogen-bond donors (Lipinski definition) is 0. The Morgan fingerprint density at radius 3 is 2.69 bits per heavy atom. The number of carbonyl (C=O) groups excluding carboxylic acids is 1. The van der Waals surface area contributed by atoms with Crippen LogP contribution < -0.4 is 0 Å². The summed E-state index contributed by atoms with van der Waals surface area (Å²) in [6.45, 7) is 1.41. The van der Waals surface area contributed by atoms with Gasteiger partial charge in [0.05, 0.1) is 10.6 Å². The lowest BCUT2D eigenvalue weighted by molar-refractivity contribution is 0.101. The summed E-state index contributed by atoms with van der Waals surface area (Å²) in [7, 11) is 0. The first kappa shape index (κ1) is 10.2. The van der Waals surface area contributed by atoms with E-state index in [1.807, 2.05) is 6.07 Å². The quantitative estimate of drug-likeness (QED) is 0.726. The third kappa shape index (κ3) is 2.09. The molecule has 0 aliphatic carbocycles. The Bertz CT molecular complexity index is 409. The van der Waals surface area contributed by atoms with E-state index in [2.05, 4.69) is 15.9 Å². The summed E-state index contributed by atoms with van der Waals surface area (Å²) in [6, 6.07) is 4.99. The molecule has 13 heavy (non-hydrogen) atoms. The fourth-order valence-corrected chi connectivity index (χ4v) is 1.77. The molecule has 0 aromatic heterocycles. The Kier molecular flexibility index (Phi) is 3.07. The molecule has 1 aromatic rings. The SMILES string of the molecule is CC(=O)c1cc(C#N)c(Br)cc1Cl. The first-order valence-corrected chi connectivity index (χ1v) is 4.63. The second-order valence-corrected chi connectivity index (χ2v) is 3.74. The number of rotatable bonds is 1. The monoisotopic (exact) mass is 257 g/mol. The maximum Gasteiger partial charge on any atom is 0.161 e. The summed E-state index contributed by atoms with van der Waals surface area (Å²) in [5.74, 6) is -0.144. The van der Waals surface area contributed by atoms with Crippen molar-refractivity contribution in [1.29, 1.82) is 5.26 Å². The molecule has 1 aromatic carbocycles. The molecule has 0 amide bonds. The topological polar surface area (TPSA) is 40.9 Å². The van der Waals surface area contributed by atoms with Crippen LogP contribution in [0.15, 0.2) is 16.6 Å². The summed E-state index contributed by atoms with van der Waals surface area (Å²) < 4.78 is 0.602. The van der Waals surface area contributed by atoms with Crippen molar-refractivity contribution >= 4 is 33.3 Å². The van der Waals surface area contributed by atoms with Crippen molar-refractivity contribution in [1.82, 2.24) is 0 Å². The van der Waals surface area contributed by atoms with Gasteiger partial charge in [0.2, 0.25) is 0 Å². The molecule has 2 nitrogen and oxygen atoms in total. The van der Waals surface area contributed by atoms with Gasteiger partial charge in [-0.15, -0.1) is 0 Å². The van der Waals surface area contributed by atoms with Gasteiger partial charge >= 0.3 is 0 Å². The van der Waals surface area contributed by atoms with Gasteiger partial charge in [-0.3, -0.25) is 4.79 Å². The van der Waals surface area contributed by atoms with E-state index in [1.54, 1.807) is 6.07 Å². The van der Waals surface area contributed by atoms with Crippen molar-refractivity contribution in [2.75, 3.05) is 0 Å². The lowest BCUT2D eigenvalue weighted by Crippen LogP contribution is -1.94. The number of Topliss-reactive ketones (excluding diaryl/α,β-unsaturated/α-hetero) is 1. The van der Waals surface area contributed by atoms with Gasteiger partial charge in [0, 0.05) is 10.0 Å². The molecule has 0 radical (unpaired) electrons. The van der Waals surface area contributed by atoms with E-state index in [9.17, 15) is 4.79 Å². The Morgan fingerprint density at radius 1 is 1.62 bits per heavy atom. The van der Waals surface area contributed by atoms with Crippen molar-refractivity contribution in [3.8, 4) is 6.07 Å². The molecular formula is C9H5BrClNO. The molecule has 0 aliphatic heterocycles. The van der Waals surface area contributed by atoms with Gasteiger partial charge < -0.3 is 0 Å². The van der Waals surface area contributed by atoms with E-state index in [1.165, 1.54) is 13.0 Å². The smallest absolute Gasteiger partial charge is 0.161 e.